The van der Waals surface area contributed by atoms with Crippen molar-refractivity contribution in [2.24, 2.45) is 0 Å². The van der Waals surface area contributed by atoms with Gasteiger partial charge in [-0.1, -0.05) is 0 Å². The molecule has 1 fully saturated rings. The summed E-state index contributed by atoms with van der Waals surface area (Å²) in [5.41, 5.74) is 0. The van der Waals surface area contributed by atoms with E-state index in [0.29, 0.717) is 6.04 Å². The number of rotatable bonds is 8. The van der Waals surface area contributed by atoms with Gasteiger partial charge in [-0.25, -0.2) is 4.98 Å². The van der Waals surface area contributed by atoms with Crippen LogP contribution in [0.25, 0.3) is 0 Å². The Balaban J connectivity index is 2.02. The van der Waals surface area contributed by atoms with Gasteiger partial charge in [0.25, 0.3) is 0 Å². The van der Waals surface area contributed by atoms with Gasteiger partial charge in [-0.05, 0) is 38.8 Å². The molecule has 0 radical (unpaired) electrons. The summed E-state index contributed by atoms with van der Waals surface area (Å²) in [6, 6.07) is 4.42. The summed E-state index contributed by atoms with van der Waals surface area (Å²) in [7, 11) is 1.73. The van der Waals surface area contributed by atoms with Gasteiger partial charge in [0.1, 0.15) is 0 Å². The van der Waals surface area contributed by atoms with E-state index in [2.05, 4.69) is 15.2 Å². The van der Waals surface area contributed by atoms with Gasteiger partial charge in [0.15, 0.2) is 11.6 Å². The maximum Gasteiger partial charge on any atom is 0.171 e. The molecule has 0 aromatic carbocycles. The fourth-order valence-corrected chi connectivity index (χ4v) is 2.71. The molecule has 1 aliphatic heterocycles. The molecule has 0 spiro atoms. The maximum absolute atomic E-state index is 5.90. The molecule has 2 heterocycles. The molecule has 0 bridgehead atoms. The summed E-state index contributed by atoms with van der Waals surface area (Å²) in [6.45, 7) is 7.73. The number of nitrogens with zero attached hydrogens (tertiary/aromatic N) is 2. The number of pyridine rings is 1. The molecule has 0 aliphatic carbocycles. The largest absolute Gasteiger partial charge is 0.487 e. The van der Waals surface area contributed by atoms with Gasteiger partial charge in [0, 0.05) is 39.0 Å². The van der Waals surface area contributed by atoms with Gasteiger partial charge < -0.3 is 19.7 Å². The van der Waals surface area contributed by atoms with Crippen molar-refractivity contribution in [1.29, 1.82) is 0 Å². The van der Waals surface area contributed by atoms with Crippen LogP contribution in [0.3, 0.4) is 0 Å². The topological polar surface area (TPSA) is 46.6 Å². The molecule has 1 N–H and O–H groups in total. The molecule has 118 valence electrons. The lowest BCUT2D eigenvalue weighted by atomic mass is 10.2. The Morgan fingerprint density at radius 3 is 3.10 bits per heavy atom. The van der Waals surface area contributed by atoms with Crippen LogP contribution in [0, 0.1) is 0 Å². The minimum Gasteiger partial charge on any atom is -0.487 e. The summed E-state index contributed by atoms with van der Waals surface area (Å²) in [6.07, 6.45) is 4.40. The normalized spacial score (nSPS) is 18.5. The van der Waals surface area contributed by atoms with Crippen LogP contribution in [-0.4, -0.2) is 50.5 Å². The van der Waals surface area contributed by atoms with E-state index in [-0.39, 0.29) is 6.10 Å². The van der Waals surface area contributed by atoms with Gasteiger partial charge in [-0.2, -0.15) is 0 Å². The molecule has 1 saturated heterocycles. The first-order chi connectivity index (χ1) is 10.2. The fourth-order valence-electron chi connectivity index (χ4n) is 2.71. The zero-order chi connectivity index (χ0) is 15.1. The molecule has 1 aromatic rings. The molecule has 1 aliphatic rings. The van der Waals surface area contributed by atoms with E-state index in [4.69, 9.17) is 9.47 Å². The lowest BCUT2D eigenvalue weighted by Crippen LogP contribution is -2.39. The van der Waals surface area contributed by atoms with Gasteiger partial charge >= 0.3 is 0 Å². The molecular weight excluding hydrogens is 266 g/mol. The quantitative estimate of drug-likeness (QED) is 0.744. The van der Waals surface area contributed by atoms with E-state index in [1.165, 1.54) is 12.8 Å². The van der Waals surface area contributed by atoms with Crippen molar-refractivity contribution in [3.8, 4) is 5.75 Å². The van der Waals surface area contributed by atoms with Crippen LogP contribution in [0.15, 0.2) is 18.3 Å². The standard InChI is InChI=1S/C16H27N3O2/c1-13(2)21-15-7-4-8-18-16(15)19-10-5-6-14(19)12-17-9-11-20-3/h4,7-8,13-14,17H,5-6,9-12H2,1-3H3. The Kier molecular flexibility index (Phi) is 6.26. The Morgan fingerprint density at radius 1 is 1.48 bits per heavy atom. The van der Waals surface area contributed by atoms with Crippen molar-refractivity contribution in [1.82, 2.24) is 10.3 Å². The first-order valence-electron chi connectivity index (χ1n) is 7.80. The third kappa shape index (κ3) is 4.58. The van der Waals surface area contributed by atoms with Crippen molar-refractivity contribution in [2.45, 2.75) is 38.8 Å². The molecule has 5 heteroatoms. The predicted molar refractivity (Wildman–Crippen MR) is 85.1 cm³/mol. The number of ether oxygens (including phenoxy) is 2. The summed E-state index contributed by atoms with van der Waals surface area (Å²) < 4.78 is 11.0. The number of methoxy groups -OCH3 is 1. The molecule has 1 atom stereocenters. The summed E-state index contributed by atoms with van der Waals surface area (Å²) in [5.74, 6) is 1.86. The van der Waals surface area contributed by atoms with Crippen LogP contribution in [0.4, 0.5) is 5.82 Å². The predicted octanol–water partition coefficient (Wildman–Crippen LogP) is 2.07. The monoisotopic (exact) mass is 293 g/mol. The average molecular weight is 293 g/mol. The van der Waals surface area contributed by atoms with Crippen LogP contribution in [-0.2, 0) is 4.74 Å². The second-order valence-electron chi connectivity index (χ2n) is 5.68. The number of hydrogen-bond donors (Lipinski definition) is 1. The van der Waals surface area contributed by atoms with E-state index in [9.17, 15) is 0 Å². The van der Waals surface area contributed by atoms with Crippen molar-refractivity contribution < 1.29 is 9.47 Å². The first-order valence-corrected chi connectivity index (χ1v) is 7.80. The van der Waals surface area contributed by atoms with Crippen molar-refractivity contribution in [3.05, 3.63) is 18.3 Å². The van der Waals surface area contributed by atoms with Crippen LogP contribution < -0.4 is 15.0 Å². The second-order valence-corrected chi connectivity index (χ2v) is 5.68. The van der Waals surface area contributed by atoms with Gasteiger partial charge in [-0.3, -0.25) is 0 Å². The van der Waals surface area contributed by atoms with Crippen LogP contribution >= 0.6 is 0 Å². The smallest absolute Gasteiger partial charge is 0.171 e. The second kappa shape index (κ2) is 8.20. The molecule has 5 nitrogen and oxygen atoms in total. The van der Waals surface area contributed by atoms with Gasteiger partial charge in [0.05, 0.1) is 12.7 Å². The minimum atomic E-state index is 0.161. The highest BCUT2D eigenvalue weighted by Crippen LogP contribution is 2.31. The molecular formula is C16H27N3O2. The zero-order valence-electron chi connectivity index (χ0n) is 13.3. The van der Waals surface area contributed by atoms with Crippen LogP contribution in [0.2, 0.25) is 0 Å². The SMILES string of the molecule is COCCNCC1CCCN1c1ncccc1OC(C)C. The third-order valence-corrected chi connectivity index (χ3v) is 3.63. The van der Waals surface area contributed by atoms with Crippen molar-refractivity contribution in [2.75, 3.05) is 38.3 Å². The molecule has 0 saturated carbocycles. The first kappa shape index (κ1) is 16.0. The van der Waals surface area contributed by atoms with E-state index < -0.39 is 0 Å². The third-order valence-electron chi connectivity index (χ3n) is 3.63. The molecule has 0 amide bonds. The Labute approximate surface area is 127 Å². The molecule has 21 heavy (non-hydrogen) atoms. The Morgan fingerprint density at radius 2 is 2.33 bits per heavy atom. The number of hydrogen-bond acceptors (Lipinski definition) is 5. The highest BCUT2D eigenvalue weighted by atomic mass is 16.5. The van der Waals surface area contributed by atoms with Crippen LogP contribution in [0.5, 0.6) is 5.75 Å². The Bertz CT molecular complexity index is 426. The van der Waals surface area contributed by atoms with E-state index in [1.807, 2.05) is 32.2 Å². The zero-order valence-corrected chi connectivity index (χ0v) is 13.3. The number of anilines is 1. The fraction of sp³-hybridized carbons (Fsp3) is 0.688. The summed E-state index contributed by atoms with van der Waals surface area (Å²) >= 11 is 0. The summed E-state index contributed by atoms with van der Waals surface area (Å²) in [4.78, 5) is 6.93. The highest BCUT2D eigenvalue weighted by molar-refractivity contribution is 5.53. The number of aromatic nitrogens is 1. The molecule has 2 rings (SSSR count). The highest BCUT2D eigenvalue weighted by Gasteiger charge is 2.27. The lowest BCUT2D eigenvalue weighted by Gasteiger charge is -2.28. The maximum atomic E-state index is 5.90. The van der Waals surface area contributed by atoms with E-state index >= 15 is 0 Å². The van der Waals surface area contributed by atoms with Gasteiger partial charge in [0.2, 0.25) is 0 Å². The van der Waals surface area contributed by atoms with Gasteiger partial charge in [-0.15, -0.1) is 0 Å². The lowest BCUT2D eigenvalue weighted by molar-refractivity contribution is 0.199. The summed E-state index contributed by atoms with van der Waals surface area (Å²) in [5, 5.41) is 3.45. The van der Waals surface area contributed by atoms with Crippen LogP contribution in [0.1, 0.15) is 26.7 Å². The molecule has 1 aromatic heterocycles. The number of nitrogens with one attached hydrogen (secondary N) is 1. The average Bonchev–Trinajstić information content (AvgIpc) is 2.92. The van der Waals surface area contributed by atoms with Crippen molar-refractivity contribution >= 4 is 5.82 Å². The Hall–Kier alpha value is -1.33. The molecule has 1 unspecified atom stereocenters. The van der Waals surface area contributed by atoms with E-state index in [1.54, 1.807) is 7.11 Å². The van der Waals surface area contributed by atoms with Crippen molar-refractivity contribution in [3.63, 3.8) is 0 Å². The van der Waals surface area contributed by atoms with E-state index in [0.717, 1.165) is 37.8 Å². The minimum absolute atomic E-state index is 0.161.